The smallest absolute Gasteiger partial charge is 0.272 e. The van der Waals surface area contributed by atoms with Crippen LogP contribution in [0.15, 0.2) is 46.4 Å². The van der Waals surface area contributed by atoms with E-state index in [1.165, 1.54) is 0 Å². The topological polar surface area (TPSA) is 88.0 Å². The molecule has 0 aliphatic heterocycles. The van der Waals surface area contributed by atoms with Crippen molar-refractivity contribution in [1.29, 1.82) is 0 Å². The zero-order chi connectivity index (χ0) is 17.4. The Kier molecular flexibility index (Phi) is 4.10. The normalized spacial score (nSPS) is 12.4. The molecule has 2 N–H and O–H groups in total. The molecule has 0 fully saturated rings. The van der Waals surface area contributed by atoms with Crippen LogP contribution < -0.4 is 5.32 Å². The second-order valence-corrected chi connectivity index (χ2v) is 7.92. The van der Waals surface area contributed by atoms with Gasteiger partial charge in [0.1, 0.15) is 0 Å². The number of thiophene rings is 1. The maximum atomic E-state index is 12.5. The Morgan fingerprint density at radius 1 is 1.32 bits per heavy atom. The Morgan fingerprint density at radius 3 is 3.00 bits per heavy atom. The maximum absolute atomic E-state index is 12.5. The number of carbonyl (C=O) groups excluding carboxylic acids is 1. The summed E-state index contributed by atoms with van der Waals surface area (Å²) in [4.78, 5) is 13.5. The Morgan fingerprint density at radius 2 is 2.20 bits per heavy atom. The number of carbonyl (C=O) groups is 1. The van der Waals surface area contributed by atoms with E-state index in [1.807, 2.05) is 47.9 Å². The number of fused-ring (bicyclic) bond motifs is 1. The monoisotopic (exact) mass is 416 g/mol. The Hall–Kier alpha value is -2.52. The fourth-order valence-electron chi connectivity index (χ4n) is 2.51. The number of nitrogens with zero attached hydrogens (tertiary/aromatic N) is 4. The minimum absolute atomic E-state index is 0.265. The summed E-state index contributed by atoms with van der Waals surface area (Å²) in [5.74, 6) is 0.403. The number of rotatable bonds is 4. The molecular formula is C16H13BrN6OS. The van der Waals surface area contributed by atoms with Gasteiger partial charge in [-0.3, -0.25) is 14.3 Å². The molecule has 25 heavy (non-hydrogen) atoms. The summed E-state index contributed by atoms with van der Waals surface area (Å²) in [6, 6.07) is 11.0. The van der Waals surface area contributed by atoms with Crippen LogP contribution in [0.25, 0.3) is 16.2 Å². The van der Waals surface area contributed by atoms with Crippen LogP contribution >= 0.6 is 27.3 Å². The van der Waals surface area contributed by atoms with Crippen LogP contribution in [0.2, 0.25) is 0 Å². The molecule has 0 aliphatic rings. The van der Waals surface area contributed by atoms with E-state index < -0.39 is 0 Å². The highest BCUT2D eigenvalue weighted by Crippen LogP contribution is 2.30. The summed E-state index contributed by atoms with van der Waals surface area (Å²) in [7, 11) is 0. The number of pyridine rings is 1. The molecule has 0 bridgehead atoms. The van der Waals surface area contributed by atoms with E-state index in [0.717, 1.165) is 20.0 Å². The molecular weight excluding hydrogens is 404 g/mol. The van der Waals surface area contributed by atoms with Gasteiger partial charge >= 0.3 is 0 Å². The lowest BCUT2D eigenvalue weighted by Gasteiger charge is -2.11. The van der Waals surface area contributed by atoms with E-state index in [1.54, 1.807) is 17.4 Å². The molecule has 4 aromatic heterocycles. The van der Waals surface area contributed by atoms with E-state index in [0.29, 0.717) is 11.5 Å². The summed E-state index contributed by atoms with van der Waals surface area (Å²) in [6.45, 7) is 1.87. The van der Waals surface area contributed by atoms with E-state index in [4.69, 9.17) is 0 Å². The third kappa shape index (κ3) is 3.08. The summed E-state index contributed by atoms with van der Waals surface area (Å²) in [6.07, 6.45) is 1.87. The number of H-pyrrole nitrogens is 1. The molecule has 7 nitrogen and oxygen atoms in total. The first-order valence-electron chi connectivity index (χ1n) is 7.53. The average Bonchev–Trinajstić information content (AvgIpc) is 3.33. The maximum Gasteiger partial charge on any atom is 0.272 e. The predicted molar refractivity (Wildman–Crippen MR) is 98.5 cm³/mol. The molecule has 4 heterocycles. The molecule has 0 saturated carbocycles. The van der Waals surface area contributed by atoms with Crippen molar-refractivity contribution in [2.45, 2.75) is 13.0 Å². The zero-order valence-corrected chi connectivity index (χ0v) is 15.5. The molecule has 1 atom stereocenters. The number of amides is 1. The molecule has 126 valence electrons. The number of aromatic amines is 1. The lowest BCUT2D eigenvalue weighted by molar-refractivity contribution is 0.0933. The van der Waals surface area contributed by atoms with E-state index >= 15 is 0 Å². The molecule has 0 saturated heterocycles. The van der Waals surface area contributed by atoms with Gasteiger partial charge in [0.05, 0.1) is 20.4 Å². The second kappa shape index (κ2) is 6.41. The number of nitrogens with one attached hydrogen (secondary N) is 2. The standard InChI is InChI=1S/C16H13BrN6OS/c1-9(15-22-21-14-4-2-3-7-23(14)15)18-16(24)11-8-10(19-20-11)12-5-6-13(17)25-12/h2-9H,1H3,(H,18,24)(H,19,20). The molecule has 0 radical (unpaired) electrons. The molecule has 0 spiro atoms. The summed E-state index contributed by atoms with van der Waals surface area (Å²) in [5, 5.41) is 18.2. The van der Waals surface area contributed by atoms with Gasteiger partial charge in [-0.1, -0.05) is 6.07 Å². The Balaban J connectivity index is 1.53. The average molecular weight is 417 g/mol. The molecule has 4 aromatic rings. The van der Waals surface area contributed by atoms with Crippen molar-refractivity contribution in [2.75, 3.05) is 0 Å². The van der Waals surface area contributed by atoms with E-state index in [2.05, 4.69) is 41.6 Å². The molecule has 4 rings (SSSR count). The van der Waals surface area contributed by atoms with E-state index in [-0.39, 0.29) is 11.9 Å². The van der Waals surface area contributed by atoms with Gasteiger partial charge in [-0.05, 0) is 53.2 Å². The quantitative estimate of drug-likeness (QED) is 0.533. The Labute approximate surface area is 155 Å². The van der Waals surface area contributed by atoms with Crippen LogP contribution in [0.4, 0.5) is 0 Å². The van der Waals surface area contributed by atoms with Gasteiger partial charge in [-0.15, -0.1) is 21.5 Å². The van der Waals surface area contributed by atoms with Gasteiger partial charge in [0.15, 0.2) is 17.2 Å². The summed E-state index contributed by atoms with van der Waals surface area (Å²) in [5.41, 5.74) is 1.88. The number of aromatic nitrogens is 5. The number of halogens is 1. The van der Waals surface area contributed by atoms with Crippen LogP contribution in [0.5, 0.6) is 0 Å². The largest absolute Gasteiger partial charge is 0.341 e. The minimum Gasteiger partial charge on any atom is -0.341 e. The SMILES string of the molecule is CC(NC(=O)c1cc(-c2ccc(Br)s2)[nH]n1)c1nnc2ccccn12. The third-order valence-corrected chi connectivity index (χ3v) is 5.38. The van der Waals surface area contributed by atoms with Crippen LogP contribution in [0.1, 0.15) is 29.3 Å². The lowest BCUT2D eigenvalue weighted by Crippen LogP contribution is -2.28. The lowest BCUT2D eigenvalue weighted by atomic mass is 10.2. The Bertz CT molecular complexity index is 1050. The first-order valence-corrected chi connectivity index (χ1v) is 9.14. The molecule has 9 heteroatoms. The predicted octanol–water partition coefficient (Wildman–Crippen LogP) is 3.43. The van der Waals surface area contributed by atoms with Crippen molar-refractivity contribution in [3.05, 3.63) is 57.9 Å². The molecule has 1 amide bonds. The van der Waals surface area contributed by atoms with Crippen LogP contribution in [0, 0.1) is 0 Å². The molecule has 0 aliphatic carbocycles. The van der Waals surface area contributed by atoms with Gasteiger partial charge in [0.2, 0.25) is 0 Å². The second-order valence-electron chi connectivity index (χ2n) is 5.45. The van der Waals surface area contributed by atoms with Crippen molar-refractivity contribution in [2.24, 2.45) is 0 Å². The van der Waals surface area contributed by atoms with Gasteiger partial charge in [0, 0.05) is 6.20 Å². The third-order valence-electron chi connectivity index (χ3n) is 3.72. The fraction of sp³-hybridized carbons (Fsp3) is 0.125. The molecule has 1 unspecified atom stereocenters. The highest BCUT2D eigenvalue weighted by molar-refractivity contribution is 9.11. The van der Waals surface area contributed by atoms with Crippen LogP contribution in [0.3, 0.4) is 0 Å². The van der Waals surface area contributed by atoms with Gasteiger partial charge in [0.25, 0.3) is 5.91 Å². The first-order chi connectivity index (χ1) is 12.1. The highest BCUT2D eigenvalue weighted by atomic mass is 79.9. The van der Waals surface area contributed by atoms with E-state index in [9.17, 15) is 4.79 Å². The van der Waals surface area contributed by atoms with Crippen LogP contribution in [-0.4, -0.2) is 30.7 Å². The van der Waals surface area contributed by atoms with Crippen LogP contribution in [-0.2, 0) is 0 Å². The van der Waals surface area contributed by atoms with Gasteiger partial charge < -0.3 is 5.32 Å². The highest BCUT2D eigenvalue weighted by Gasteiger charge is 2.19. The number of hydrogen-bond donors (Lipinski definition) is 2. The zero-order valence-electron chi connectivity index (χ0n) is 13.1. The summed E-state index contributed by atoms with van der Waals surface area (Å²) < 4.78 is 2.87. The van der Waals surface area contributed by atoms with Crippen molar-refractivity contribution in [3.63, 3.8) is 0 Å². The van der Waals surface area contributed by atoms with Crippen molar-refractivity contribution in [1.82, 2.24) is 30.1 Å². The molecule has 0 aromatic carbocycles. The first kappa shape index (κ1) is 16.0. The van der Waals surface area contributed by atoms with Crippen molar-refractivity contribution in [3.8, 4) is 10.6 Å². The summed E-state index contributed by atoms with van der Waals surface area (Å²) >= 11 is 5.00. The fourth-order valence-corrected chi connectivity index (χ4v) is 3.87. The van der Waals surface area contributed by atoms with Gasteiger partial charge in [-0.25, -0.2) is 0 Å². The van der Waals surface area contributed by atoms with Gasteiger partial charge in [-0.2, -0.15) is 5.10 Å². The van der Waals surface area contributed by atoms with Crippen molar-refractivity contribution >= 4 is 38.8 Å². The minimum atomic E-state index is -0.305. The van der Waals surface area contributed by atoms with Crippen molar-refractivity contribution < 1.29 is 4.79 Å². The number of hydrogen-bond acceptors (Lipinski definition) is 5.